The minimum absolute atomic E-state index is 0.0235. The van der Waals surface area contributed by atoms with Gasteiger partial charge in [-0.1, -0.05) is 18.2 Å². The number of hydrogen-bond acceptors (Lipinski definition) is 3. The first-order valence-corrected chi connectivity index (χ1v) is 11.7. The third kappa shape index (κ3) is 5.08. The van der Waals surface area contributed by atoms with Crippen LogP contribution in [0.2, 0.25) is 0 Å². The second kappa shape index (κ2) is 9.21. The summed E-state index contributed by atoms with van der Waals surface area (Å²) in [5.41, 5.74) is -0.608. The van der Waals surface area contributed by atoms with Crippen molar-refractivity contribution in [3.05, 3.63) is 77.2 Å². The van der Waals surface area contributed by atoms with Gasteiger partial charge in [-0.2, -0.15) is 13.2 Å². The monoisotopic (exact) mass is 478 g/mol. The van der Waals surface area contributed by atoms with Crippen molar-refractivity contribution in [3.63, 3.8) is 0 Å². The second-order valence-electron chi connectivity index (χ2n) is 8.14. The van der Waals surface area contributed by atoms with Crippen molar-refractivity contribution in [1.29, 1.82) is 0 Å². The summed E-state index contributed by atoms with van der Waals surface area (Å²) in [5.74, 6) is -1.86. The van der Waals surface area contributed by atoms with Crippen molar-refractivity contribution >= 4 is 23.6 Å². The Morgan fingerprint density at radius 1 is 1.15 bits per heavy atom. The number of rotatable bonds is 6. The van der Waals surface area contributed by atoms with Gasteiger partial charge >= 0.3 is 6.18 Å². The minimum atomic E-state index is -4.65. The van der Waals surface area contributed by atoms with Gasteiger partial charge in [-0.05, 0) is 61.8 Å². The third-order valence-electron chi connectivity index (χ3n) is 5.87. The van der Waals surface area contributed by atoms with Crippen LogP contribution in [0.1, 0.15) is 46.8 Å². The maximum absolute atomic E-state index is 14.6. The molecule has 2 aromatic carbocycles. The molecule has 4 nitrogen and oxygen atoms in total. The maximum Gasteiger partial charge on any atom is 0.416 e. The van der Waals surface area contributed by atoms with E-state index in [4.69, 9.17) is 0 Å². The molecule has 0 saturated heterocycles. The Balaban J connectivity index is 1.53. The first kappa shape index (κ1) is 23.4. The highest BCUT2D eigenvalue weighted by Gasteiger charge is 2.39. The number of nitrogens with one attached hydrogen (secondary N) is 1. The van der Waals surface area contributed by atoms with E-state index in [9.17, 15) is 27.2 Å². The highest BCUT2D eigenvalue weighted by Crippen LogP contribution is 2.43. The zero-order chi connectivity index (χ0) is 23.8. The number of halogens is 4. The molecule has 9 heteroatoms. The third-order valence-corrected chi connectivity index (χ3v) is 6.59. The van der Waals surface area contributed by atoms with Crippen molar-refractivity contribution in [3.8, 4) is 0 Å². The number of thioether (sulfide) groups is 1. The average Bonchev–Trinajstić information content (AvgIpc) is 3.51. The Labute approximate surface area is 193 Å². The van der Waals surface area contributed by atoms with E-state index in [1.807, 2.05) is 12.3 Å². The number of carbonyl (C=O) groups excluding carboxylic acids is 2. The molecule has 2 amide bonds. The molecule has 0 radical (unpaired) electrons. The molecule has 1 heterocycles. The summed E-state index contributed by atoms with van der Waals surface area (Å²) in [6.07, 6.45) is 2.29. The lowest BCUT2D eigenvalue weighted by Gasteiger charge is -2.27. The van der Waals surface area contributed by atoms with Gasteiger partial charge in [-0.15, -0.1) is 11.8 Å². The molecule has 2 atom stereocenters. The number of nitrogens with zero attached hydrogens (tertiary/aromatic N) is 1. The zero-order valence-electron chi connectivity index (χ0n) is 17.7. The zero-order valence-corrected chi connectivity index (χ0v) is 18.5. The van der Waals surface area contributed by atoms with Gasteiger partial charge in [-0.25, -0.2) is 4.39 Å². The Kier molecular flexibility index (Phi) is 6.52. The highest BCUT2D eigenvalue weighted by molar-refractivity contribution is 7.98. The molecular weight excluding hydrogens is 456 g/mol. The van der Waals surface area contributed by atoms with Gasteiger partial charge in [-0.3, -0.25) is 9.59 Å². The van der Waals surface area contributed by atoms with Crippen LogP contribution in [-0.4, -0.2) is 29.0 Å². The number of hydrogen-bond donors (Lipinski definition) is 1. The van der Waals surface area contributed by atoms with Crippen LogP contribution < -0.4 is 5.32 Å². The standard InChI is InChI=1S/C24H22F4N2O2S/c1-33-17-5-2-4-15(12-17)23(32)30-11-3-6-20(30)22(31)29-21(14-7-8-14)18-10-9-16(13-19(18)25)24(26,27)28/h2-5,9-14,20-21H,6-8H2,1H3,(H,29,31)/t20?,21-/m1/s1. The average molecular weight is 479 g/mol. The number of benzene rings is 2. The van der Waals surface area contributed by atoms with Gasteiger partial charge in [0, 0.05) is 22.2 Å². The smallest absolute Gasteiger partial charge is 0.347 e. The van der Waals surface area contributed by atoms with E-state index in [0.717, 1.165) is 29.9 Å². The van der Waals surface area contributed by atoms with Crippen LogP contribution >= 0.6 is 11.8 Å². The molecule has 0 aromatic heterocycles. The van der Waals surface area contributed by atoms with Crippen LogP contribution in [0, 0.1) is 11.7 Å². The molecule has 4 rings (SSSR count). The summed E-state index contributed by atoms with van der Waals surface area (Å²) in [5, 5.41) is 2.80. The topological polar surface area (TPSA) is 49.4 Å². The Morgan fingerprint density at radius 2 is 1.91 bits per heavy atom. The summed E-state index contributed by atoms with van der Waals surface area (Å²) >= 11 is 1.50. The lowest BCUT2D eigenvalue weighted by molar-refractivity contribution is -0.137. The second-order valence-corrected chi connectivity index (χ2v) is 9.02. The predicted octanol–water partition coefficient (Wildman–Crippen LogP) is 5.56. The molecule has 1 aliphatic carbocycles. The highest BCUT2D eigenvalue weighted by atomic mass is 32.2. The van der Waals surface area contributed by atoms with Crippen LogP contribution in [0.3, 0.4) is 0 Å². The fraction of sp³-hybridized carbons (Fsp3) is 0.333. The molecule has 1 unspecified atom stereocenters. The van der Waals surface area contributed by atoms with Crippen molar-refractivity contribution in [1.82, 2.24) is 10.2 Å². The van der Waals surface area contributed by atoms with Gasteiger partial charge in [0.05, 0.1) is 11.6 Å². The van der Waals surface area contributed by atoms with Gasteiger partial charge in [0.25, 0.3) is 5.91 Å². The Hall–Kier alpha value is -2.81. The number of carbonyl (C=O) groups is 2. The molecule has 33 heavy (non-hydrogen) atoms. The minimum Gasteiger partial charge on any atom is -0.347 e. The summed E-state index contributed by atoms with van der Waals surface area (Å²) in [6, 6.07) is 7.88. The maximum atomic E-state index is 14.6. The normalized spacial score (nSPS) is 18.9. The molecule has 2 aromatic rings. The van der Waals surface area contributed by atoms with Crippen LogP contribution in [0.5, 0.6) is 0 Å². The first-order chi connectivity index (χ1) is 15.7. The van der Waals surface area contributed by atoms with Crippen LogP contribution in [0.4, 0.5) is 17.6 Å². The van der Waals surface area contributed by atoms with E-state index < -0.39 is 35.5 Å². The summed E-state index contributed by atoms with van der Waals surface area (Å²) in [6.45, 7) is 0. The molecular formula is C24H22F4N2O2S. The van der Waals surface area contributed by atoms with E-state index in [1.54, 1.807) is 30.5 Å². The molecule has 1 aliphatic heterocycles. The summed E-state index contributed by atoms with van der Waals surface area (Å²) < 4.78 is 53.3. The van der Waals surface area contributed by atoms with E-state index in [2.05, 4.69) is 5.32 Å². The van der Waals surface area contributed by atoms with Crippen LogP contribution in [0.15, 0.2) is 59.6 Å². The molecule has 2 aliphatic rings. The van der Waals surface area contributed by atoms with E-state index >= 15 is 0 Å². The molecule has 1 saturated carbocycles. The van der Waals surface area contributed by atoms with Crippen LogP contribution in [-0.2, 0) is 11.0 Å². The molecule has 1 N–H and O–H groups in total. The van der Waals surface area contributed by atoms with Crippen molar-refractivity contribution in [2.75, 3.05) is 6.26 Å². The molecule has 174 valence electrons. The van der Waals surface area contributed by atoms with Gasteiger partial charge < -0.3 is 10.2 Å². The quantitative estimate of drug-likeness (QED) is 0.437. The molecule has 0 spiro atoms. The largest absolute Gasteiger partial charge is 0.416 e. The fourth-order valence-corrected chi connectivity index (χ4v) is 4.41. The van der Waals surface area contributed by atoms with Gasteiger partial charge in [0.1, 0.15) is 11.9 Å². The van der Waals surface area contributed by atoms with E-state index in [0.29, 0.717) is 18.1 Å². The lowest BCUT2D eigenvalue weighted by atomic mass is 9.99. The fourth-order valence-electron chi connectivity index (χ4n) is 3.95. The predicted molar refractivity (Wildman–Crippen MR) is 117 cm³/mol. The molecule has 1 fully saturated rings. The Morgan fingerprint density at radius 3 is 2.55 bits per heavy atom. The number of amides is 2. The van der Waals surface area contributed by atoms with Crippen molar-refractivity contribution in [2.24, 2.45) is 5.92 Å². The summed E-state index contributed by atoms with van der Waals surface area (Å²) in [7, 11) is 0. The van der Waals surface area contributed by atoms with Crippen molar-refractivity contribution < 1.29 is 27.2 Å². The lowest BCUT2D eigenvalue weighted by Crippen LogP contribution is -2.46. The van der Waals surface area contributed by atoms with Gasteiger partial charge in [0.2, 0.25) is 5.91 Å². The van der Waals surface area contributed by atoms with E-state index in [1.165, 1.54) is 16.7 Å². The first-order valence-electron chi connectivity index (χ1n) is 10.5. The SMILES string of the molecule is CSc1cccc(C(=O)N2C=CCC2C(=O)N[C@@H](c2ccc(C(F)(F)F)cc2F)C2CC2)c1. The summed E-state index contributed by atoms with van der Waals surface area (Å²) in [4.78, 5) is 28.4. The Bertz CT molecular complexity index is 1100. The van der Waals surface area contributed by atoms with Crippen molar-refractivity contribution in [2.45, 2.75) is 42.4 Å². The molecule has 0 bridgehead atoms. The van der Waals surface area contributed by atoms with E-state index in [-0.39, 0.29) is 17.4 Å². The van der Waals surface area contributed by atoms with Crippen LogP contribution in [0.25, 0.3) is 0 Å². The van der Waals surface area contributed by atoms with Gasteiger partial charge in [0.15, 0.2) is 0 Å². The number of alkyl halides is 3.